The van der Waals surface area contributed by atoms with Crippen LogP contribution in [-0.2, 0) is 6.54 Å². The van der Waals surface area contributed by atoms with E-state index >= 15 is 0 Å². The smallest absolute Gasteiger partial charge is 0.331 e. The molecule has 0 amide bonds. The van der Waals surface area contributed by atoms with Gasteiger partial charge in [0.1, 0.15) is 5.56 Å². The molecule has 1 aromatic rings. The lowest BCUT2D eigenvalue weighted by atomic mass is 9.69. The standard InChI is InChI=1S/C19H29N3O3/c1-5-6-9-22-16(24)13(15(23)21-17(22)25)11-20-14-10-12-7-8-19(14,4)18(12,2)3/h11-12,14,24H,5-10H2,1-4H3,(H,21,23,25)/t12-,14-,19-/m1/s1. The maximum absolute atomic E-state index is 12.1. The van der Waals surface area contributed by atoms with Crippen molar-refractivity contribution in [2.75, 3.05) is 0 Å². The molecule has 0 aromatic carbocycles. The predicted octanol–water partition coefficient (Wildman–Crippen LogP) is 2.68. The van der Waals surface area contributed by atoms with Gasteiger partial charge in [-0.1, -0.05) is 34.1 Å². The molecule has 0 spiro atoms. The van der Waals surface area contributed by atoms with Crippen LogP contribution in [-0.4, -0.2) is 26.9 Å². The van der Waals surface area contributed by atoms with Gasteiger partial charge in [0, 0.05) is 12.8 Å². The molecule has 1 heterocycles. The van der Waals surface area contributed by atoms with Crippen molar-refractivity contribution in [1.29, 1.82) is 0 Å². The van der Waals surface area contributed by atoms with Crippen LogP contribution in [0.1, 0.15) is 65.4 Å². The van der Waals surface area contributed by atoms with E-state index in [9.17, 15) is 14.7 Å². The van der Waals surface area contributed by atoms with Gasteiger partial charge in [-0.05, 0) is 42.4 Å². The molecular formula is C19H29N3O3. The number of aromatic nitrogens is 2. The van der Waals surface area contributed by atoms with Gasteiger partial charge < -0.3 is 5.11 Å². The minimum Gasteiger partial charge on any atom is -0.494 e. The third-order valence-corrected chi connectivity index (χ3v) is 7.07. The zero-order valence-corrected chi connectivity index (χ0v) is 15.6. The van der Waals surface area contributed by atoms with E-state index in [2.05, 4.69) is 25.8 Å². The molecule has 25 heavy (non-hydrogen) atoms. The molecule has 6 nitrogen and oxygen atoms in total. The second kappa shape index (κ2) is 6.15. The minimum absolute atomic E-state index is 0.0832. The minimum atomic E-state index is -0.577. The number of H-pyrrole nitrogens is 1. The zero-order valence-electron chi connectivity index (χ0n) is 15.6. The molecule has 0 radical (unpaired) electrons. The number of aliphatic imine (C=N–C) groups is 1. The number of rotatable bonds is 5. The first-order valence-corrected chi connectivity index (χ1v) is 9.31. The molecule has 0 aliphatic heterocycles. The van der Waals surface area contributed by atoms with E-state index in [1.807, 2.05) is 6.92 Å². The molecule has 6 heteroatoms. The first kappa shape index (κ1) is 18.0. The summed E-state index contributed by atoms with van der Waals surface area (Å²) < 4.78 is 1.22. The number of aromatic hydroxyl groups is 1. The van der Waals surface area contributed by atoms with Crippen LogP contribution < -0.4 is 11.2 Å². The fourth-order valence-electron chi connectivity index (χ4n) is 4.77. The van der Waals surface area contributed by atoms with Gasteiger partial charge in [0.05, 0.1) is 6.04 Å². The molecule has 3 rings (SSSR count). The molecule has 3 atom stereocenters. The number of unbranched alkanes of at least 4 members (excludes halogenated alkanes) is 1. The molecule has 2 saturated carbocycles. The summed E-state index contributed by atoms with van der Waals surface area (Å²) in [6, 6.07) is 0.149. The quantitative estimate of drug-likeness (QED) is 0.803. The SMILES string of the molecule is CCCCn1c(O)c(C=N[C@@H]2C[C@H]3CC[C@@]2(C)C3(C)C)c(=O)[nH]c1=O. The van der Waals surface area contributed by atoms with Crippen LogP contribution in [0.25, 0.3) is 0 Å². The number of nitrogens with one attached hydrogen (secondary N) is 1. The fraction of sp³-hybridized carbons (Fsp3) is 0.737. The molecule has 2 bridgehead atoms. The summed E-state index contributed by atoms with van der Waals surface area (Å²) in [5.41, 5.74) is -0.705. The molecule has 0 unspecified atom stereocenters. The number of fused-ring (bicyclic) bond motifs is 2. The van der Waals surface area contributed by atoms with Crippen molar-refractivity contribution in [3.63, 3.8) is 0 Å². The van der Waals surface area contributed by atoms with Gasteiger partial charge in [-0.2, -0.15) is 0 Å². The Balaban J connectivity index is 1.93. The summed E-state index contributed by atoms with van der Waals surface area (Å²) in [5, 5.41) is 10.4. The number of nitrogens with zero attached hydrogens (tertiary/aromatic N) is 2. The van der Waals surface area contributed by atoms with E-state index in [1.165, 1.54) is 17.2 Å². The van der Waals surface area contributed by atoms with Gasteiger partial charge in [0.15, 0.2) is 0 Å². The van der Waals surface area contributed by atoms with Gasteiger partial charge in [-0.3, -0.25) is 19.3 Å². The lowest BCUT2D eigenvalue weighted by Crippen LogP contribution is -2.35. The Labute approximate surface area is 148 Å². The van der Waals surface area contributed by atoms with Crippen LogP contribution in [0.3, 0.4) is 0 Å². The first-order chi connectivity index (χ1) is 11.7. The van der Waals surface area contributed by atoms with Crippen LogP contribution >= 0.6 is 0 Å². The van der Waals surface area contributed by atoms with Crippen LogP contribution in [0.4, 0.5) is 0 Å². The summed E-state index contributed by atoms with van der Waals surface area (Å²) in [6.07, 6.45) is 6.53. The molecule has 2 fully saturated rings. The lowest BCUT2D eigenvalue weighted by Gasteiger charge is -2.37. The second-order valence-corrected chi connectivity index (χ2v) is 8.41. The van der Waals surface area contributed by atoms with E-state index in [1.54, 1.807) is 0 Å². The van der Waals surface area contributed by atoms with Crippen LogP contribution in [0.2, 0.25) is 0 Å². The molecule has 0 saturated heterocycles. The average Bonchev–Trinajstić information content (AvgIpc) is 2.87. The summed E-state index contributed by atoms with van der Waals surface area (Å²) in [5.74, 6) is 0.378. The van der Waals surface area contributed by atoms with Crippen molar-refractivity contribution in [3.05, 3.63) is 26.4 Å². The van der Waals surface area contributed by atoms with Crippen molar-refractivity contribution in [2.24, 2.45) is 21.7 Å². The van der Waals surface area contributed by atoms with Crippen molar-refractivity contribution in [2.45, 2.75) is 72.4 Å². The zero-order chi connectivity index (χ0) is 18.4. The molecule has 2 aliphatic carbocycles. The van der Waals surface area contributed by atoms with Crippen molar-refractivity contribution < 1.29 is 5.11 Å². The largest absolute Gasteiger partial charge is 0.494 e. The average molecular weight is 347 g/mol. The molecular weight excluding hydrogens is 318 g/mol. The monoisotopic (exact) mass is 347 g/mol. The van der Waals surface area contributed by atoms with Gasteiger partial charge in [0.25, 0.3) is 5.56 Å². The van der Waals surface area contributed by atoms with Crippen molar-refractivity contribution in [1.82, 2.24) is 9.55 Å². The summed E-state index contributed by atoms with van der Waals surface area (Å²) in [7, 11) is 0. The van der Waals surface area contributed by atoms with E-state index in [4.69, 9.17) is 4.99 Å². The Morgan fingerprint density at radius 3 is 2.64 bits per heavy atom. The molecule has 2 N–H and O–H groups in total. The van der Waals surface area contributed by atoms with Gasteiger partial charge in [-0.15, -0.1) is 0 Å². The van der Waals surface area contributed by atoms with Crippen molar-refractivity contribution in [3.8, 4) is 5.88 Å². The molecule has 138 valence electrons. The highest BCUT2D eigenvalue weighted by atomic mass is 16.3. The number of aromatic amines is 1. The van der Waals surface area contributed by atoms with E-state index in [0.29, 0.717) is 12.5 Å². The predicted molar refractivity (Wildman–Crippen MR) is 98.5 cm³/mol. The number of hydrogen-bond donors (Lipinski definition) is 2. The topological polar surface area (TPSA) is 87.4 Å². The molecule has 1 aromatic heterocycles. The Kier molecular flexibility index (Phi) is 4.41. The van der Waals surface area contributed by atoms with Gasteiger partial charge in [-0.25, -0.2) is 4.79 Å². The Bertz CT molecular complexity index is 805. The number of hydrogen-bond acceptors (Lipinski definition) is 4. The maximum atomic E-state index is 12.1. The van der Waals surface area contributed by atoms with Crippen LogP contribution in [0.15, 0.2) is 14.6 Å². The summed E-state index contributed by atoms with van der Waals surface area (Å²) in [4.78, 5) is 31.0. The van der Waals surface area contributed by atoms with Gasteiger partial charge in [0.2, 0.25) is 5.88 Å². The Hall–Kier alpha value is -1.85. The highest BCUT2D eigenvalue weighted by Gasteiger charge is 2.61. The maximum Gasteiger partial charge on any atom is 0.331 e. The summed E-state index contributed by atoms with van der Waals surface area (Å²) >= 11 is 0. The summed E-state index contributed by atoms with van der Waals surface area (Å²) in [6.45, 7) is 9.31. The third kappa shape index (κ3) is 2.66. The van der Waals surface area contributed by atoms with E-state index in [-0.39, 0.29) is 28.3 Å². The molecule has 2 aliphatic rings. The first-order valence-electron chi connectivity index (χ1n) is 9.31. The van der Waals surface area contributed by atoms with Crippen LogP contribution in [0, 0.1) is 16.7 Å². The van der Waals surface area contributed by atoms with E-state index < -0.39 is 11.2 Å². The normalized spacial score (nSPS) is 30.4. The highest BCUT2D eigenvalue weighted by Crippen LogP contribution is 2.66. The second-order valence-electron chi connectivity index (χ2n) is 8.41. The Morgan fingerprint density at radius 1 is 1.36 bits per heavy atom. The van der Waals surface area contributed by atoms with Crippen molar-refractivity contribution >= 4 is 6.21 Å². The third-order valence-electron chi connectivity index (χ3n) is 7.07. The van der Waals surface area contributed by atoms with Crippen LogP contribution in [0.5, 0.6) is 5.88 Å². The fourth-order valence-corrected chi connectivity index (χ4v) is 4.77. The Morgan fingerprint density at radius 2 is 2.08 bits per heavy atom. The van der Waals surface area contributed by atoms with Gasteiger partial charge >= 0.3 is 5.69 Å². The highest BCUT2D eigenvalue weighted by molar-refractivity contribution is 5.82. The lowest BCUT2D eigenvalue weighted by molar-refractivity contribution is 0.137. The van der Waals surface area contributed by atoms with E-state index in [0.717, 1.165) is 25.7 Å².